The maximum absolute atomic E-state index is 11.9. The van der Waals surface area contributed by atoms with Crippen LogP contribution in [0.5, 0.6) is 5.75 Å². The number of para-hydroxylation sites is 1. The molecule has 1 amide bonds. The van der Waals surface area contributed by atoms with E-state index in [9.17, 15) is 4.79 Å². The molecule has 0 radical (unpaired) electrons. The second kappa shape index (κ2) is 12.1. The third-order valence-electron chi connectivity index (χ3n) is 5.30. The summed E-state index contributed by atoms with van der Waals surface area (Å²) in [6, 6.07) is 16.2. The highest BCUT2D eigenvalue weighted by molar-refractivity contribution is 5.95. The molecule has 1 fully saturated rings. The third kappa shape index (κ3) is 6.99. The minimum Gasteiger partial charge on any atom is -0.492 e. The topological polar surface area (TPSA) is 69.2 Å². The molecule has 172 valence electrons. The monoisotopic (exact) mass is 437 g/mol. The molecule has 32 heavy (non-hydrogen) atoms. The standard InChI is InChI=1S/C25H35N5O2/c1-4-26-25(28-19-21-8-5-6-9-23(21)32-17-16-29(2)3)27-18-20-11-13-22(14-12-20)30-15-7-10-24(30)31/h5-6,8-9,11-14H,4,7,10,15-19H2,1-3H3,(H2,26,27,28). The van der Waals surface area contributed by atoms with Crippen molar-refractivity contribution in [3.63, 3.8) is 0 Å². The van der Waals surface area contributed by atoms with Gasteiger partial charge in [-0.05, 0) is 51.2 Å². The van der Waals surface area contributed by atoms with E-state index in [4.69, 9.17) is 9.73 Å². The molecule has 2 aromatic rings. The molecule has 1 aliphatic rings. The van der Waals surface area contributed by atoms with Gasteiger partial charge >= 0.3 is 0 Å². The van der Waals surface area contributed by atoms with Gasteiger partial charge in [-0.2, -0.15) is 0 Å². The highest BCUT2D eigenvalue weighted by atomic mass is 16.5. The average molecular weight is 438 g/mol. The second-order valence-corrected chi connectivity index (χ2v) is 8.12. The Morgan fingerprint density at radius 2 is 1.91 bits per heavy atom. The van der Waals surface area contributed by atoms with Crippen LogP contribution in [0, 0.1) is 0 Å². The van der Waals surface area contributed by atoms with Crippen molar-refractivity contribution in [1.82, 2.24) is 15.5 Å². The van der Waals surface area contributed by atoms with Gasteiger partial charge in [0.15, 0.2) is 5.96 Å². The van der Waals surface area contributed by atoms with Gasteiger partial charge in [0.2, 0.25) is 5.91 Å². The van der Waals surface area contributed by atoms with E-state index in [0.29, 0.717) is 26.1 Å². The van der Waals surface area contributed by atoms with Crippen LogP contribution >= 0.6 is 0 Å². The van der Waals surface area contributed by atoms with Crippen molar-refractivity contribution in [1.29, 1.82) is 0 Å². The molecule has 0 bridgehead atoms. The molecular weight excluding hydrogens is 402 g/mol. The Labute approximate surface area is 191 Å². The summed E-state index contributed by atoms with van der Waals surface area (Å²) in [5.74, 6) is 1.86. The van der Waals surface area contributed by atoms with Crippen LogP contribution in [0.25, 0.3) is 0 Å². The van der Waals surface area contributed by atoms with Crippen LogP contribution in [0.1, 0.15) is 30.9 Å². The Kier molecular flexibility index (Phi) is 8.92. The highest BCUT2D eigenvalue weighted by Gasteiger charge is 2.21. The van der Waals surface area contributed by atoms with Crippen LogP contribution in [0.4, 0.5) is 5.69 Å². The van der Waals surface area contributed by atoms with Crippen molar-refractivity contribution in [2.75, 3.05) is 45.2 Å². The van der Waals surface area contributed by atoms with Crippen LogP contribution in [0.15, 0.2) is 53.5 Å². The number of aliphatic imine (C=N–C) groups is 1. The predicted octanol–water partition coefficient (Wildman–Crippen LogP) is 3.01. The van der Waals surface area contributed by atoms with Crippen molar-refractivity contribution in [2.45, 2.75) is 32.9 Å². The summed E-state index contributed by atoms with van der Waals surface area (Å²) in [4.78, 5) is 20.6. The number of amides is 1. The number of nitrogens with zero attached hydrogens (tertiary/aromatic N) is 3. The first-order valence-corrected chi connectivity index (χ1v) is 11.3. The molecule has 0 saturated carbocycles. The number of ether oxygens (including phenoxy) is 1. The molecule has 3 rings (SSSR count). The molecule has 0 spiro atoms. The Bertz CT molecular complexity index is 895. The van der Waals surface area contributed by atoms with Gasteiger partial charge in [0.1, 0.15) is 12.4 Å². The van der Waals surface area contributed by atoms with Crippen molar-refractivity contribution < 1.29 is 9.53 Å². The van der Waals surface area contributed by atoms with Gasteiger partial charge in [-0.25, -0.2) is 4.99 Å². The van der Waals surface area contributed by atoms with Crippen molar-refractivity contribution in [3.05, 3.63) is 59.7 Å². The van der Waals surface area contributed by atoms with E-state index in [1.165, 1.54) is 0 Å². The lowest BCUT2D eigenvalue weighted by atomic mass is 10.2. The first-order chi connectivity index (χ1) is 15.6. The lowest BCUT2D eigenvalue weighted by Gasteiger charge is -2.16. The van der Waals surface area contributed by atoms with E-state index in [-0.39, 0.29) is 5.91 Å². The molecule has 0 unspecified atom stereocenters. The molecule has 2 N–H and O–H groups in total. The molecule has 2 aromatic carbocycles. The Morgan fingerprint density at radius 1 is 1.12 bits per heavy atom. The summed E-state index contributed by atoms with van der Waals surface area (Å²) >= 11 is 0. The zero-order valence-electron chi connectivity index (χ0n) is 19.4. The molecule has 1 aliphatic heterocycles. The van der Waals surface area contributed by atoms with E-state index >= 15 is 0 Å². The van der Waals surface area contributed by atoms with Crippen LogP contribution in [-0.2, 0) is 17.9 Å². The largest absolute Gasteiger partial charge is 0.492 e. The van der Waals surface area contributed by atoms with Gasteiger partial charge in [-0.3, -0.25) is 4.79 Å². The average Bonchev–Trinajstić information content (AvgIpc) is 3.22. The smallest absolute Gasteiger partial charge is 0.227 e. The zero-order valence-corrected chi connectivity index (χ0v) is 19.4. The van der Waals surface area contributed by atoms with E-state index in [2.05, 4.69) is 28.5 Å². The quantitative estimate of drug-likeness (QED) is 0.442. The van der Waals surface area contributed by atoms with Crippen LogP contribution in [-0.4, -0.2) is 57.1 Å². The maximum Gasteiger partial charge on any atom is 0.227 e. The Balaban J connectivity index is 1.58. The fourth-order valence-electron chi connectivity index (χ4n) is 3.52. The lowest BCUT2D eigenvalue weighted by Crippen LogP contribution is -2.36. The number of rotatable bonds is 10. The third-order valence-corrected chi connectivity index (χ3v) is 5.30. The van der Waals surface area contributed by atoms with E-state index < -0.39 is 0 Å². The Morgan fingerprint density at radius 3 is 2.59 bits per heavy atom. The van der Waals surface area contributed by atoms with Crippen molar-refractivity contribution >= 4 is 17.6 Å². The summed E-state index contributed by atoms with van der Waals surface area (Å²) in [7, 11) is 4.07. The van der Waals surface area contributed by atoms with Crippen LogP contribution in [0.2, 0.25) is 0 Å². The molecule has 0 aromatic heterocycles. The summed E-state index contributed by atoms with van der Waals surface area (Å²) in [5, 5.41) is 6.71. The zero-order chi connectivity index (χ0) is 22.8. The minimum atomic E-state index is 0.209. The molecule has 0 aliphatic carbocycles. The molecule has 7 heteroatoms. The van der Waals surface area contributed by atoms with Gasteiger partial charge in [0.25, 0.3) is 0 Å². The van der Waals surface area contributed by atoms with E-state index in [1.54, 1.807) is 0 Å². The number of hydrogen-bond acceptors (Lipinski definition) is 4. The fraction of sp³-hybridized carbons (Fsp3) is 0.440. The maximum atomic E-state index is 11.9. The fourth-order valence-corrected chi connectivity index (χ4v) is 3.52. The number of anilines is 1. The van der Waals surface area contributed by atoms with Gasteiger partial charge in [0.05, 0.1) is 6.54 Å². The summed E-state index contributed by atoms with van der Waals surface area (Å²) in [6.07, 6.45) is 1.58. The lowest BCUT2D eigenvalue weighted by molar-refractivity contribution is -0.117. The van der Waals surface area contributed by atoms with Crippen LogP contribution < -0.4 is 20.3 Å². The first kappa shape index (κ1) is 23.6. The molecule has 1 heterocycles. The van der Waals surface area contributed by atoms with Crippen molar-refractivity contribution in [3.8, 4) is 5.75 Å². The van der Waals surface area contributed by atoms with Gasteiger partial charge in [-0.1, -0.05) is 30.3 Å². The van der Waals surface area contributed by atoms with Gasteiger partial charge in [0, 0.05) is 43.9 Å². The van der Waals surface area contributed by atoms with Gasteiger partial charge in [-0.15, -0.1) is 0 Å². The van der Waals surface area contributed by atoms with Gasteiger partial charge < -0.3 is 25.2 Å². The van der Waals surface area contributed by atoms with E-state index in [1.807, 2.05) is 61.5 Å². The normalized spacial score (nSPS) is 14.2. The number of nitrogens with one attached hydrogen (secondary N) is 2. The first-order valence-electron chi connectivity index (χ1n) is 11.3. The molecule has 7 nitrogen and oxygen atoms in total. The number of carbonyl (C=O) groups is 1. The number of carbonyl (C=O) groups excluding carboxylic acids is 1. The number of benzene rings is 2. The number of guanidine groups is 1. The van der Waals surface area contributed by atoms with E-state index in [0.717, 1.165) is 54.6 Å². The second-order valence-electron chi connectivity index (χ2n) is 8.12. The highest BCUT2D eigenvalue weighted by Crippen LogP contribution is 2.22. The Hall–Kier alpha value is -3.06. The predicted molar refractivity (Wildman–Crippen MR) is 130 cm³/mol. The number of hydrogen-bond donors (Lipinski definition) is 2. The van der Waals surface area contributed by atoms with Crippen LogP contribution in [0.3, 0.4) is 0 Å². The summed E-state index contributed by atoms with van der Waals surface area (Å²) in [6.45, 7) is 6.35. The van der Waals surface area contributed by atoms with Crippen molar-refractivity contribution in [2.24, 2.45) is 4.99 Å². The SMILES string of the molecule is CCNC(=NCc1ccc(N2CCCC2=O)cc1)NCc1ccccc1OCCN(C)C. The minimum absolute atomic E-state index is 0.209. The summed E-state index contributed by atoms with van der Waals surface area (Å²) < 4.78 is 5.96. The molecular formula is C25H35N5O2. The number of likely N-dealkylation sites (N-methyl/N-ethyl adjacent to an activating group) is 1. The molecule has 1 saturated heterocycles. The summed E-state index contributed by atoms with van der Waals surface area (Å²) in [5.41, 5.74) is 3.16. The molecule has 0 atom stereocenters.